The van der Waals surface area contributed by atoms with Crippen molar-refractivity contribution in [3.63, 3.8) is 0 Å². The van der Waals surface area contributed by atoms with Crippen molar-refractivity contribution in [2.24, 2.45) is 0 Å². The molecule has 2 atom stereocenters. The Morgan fingerprint density at radius 1 is 1.50 bits per heavy atom. The van der Waals surface area contributed by atoms with Gasteiger partial charge in [0.15, 0.2) is 0 Å². The summed E-state index contributed by atoms with van der Waals surface area (Å²) in [5.74, 6) is -0.306. The first-order valence-corrected chi connectivity index (χ1v) is 4.99. The normalized spacial score (nSPS) is 27.7. The Morgan fingerprint density at radius 3 is 2.57 bits per heavy atom. The van der Waals surface area contributed by atoms with E-state index in [1.807, 2.05) is 0 Å². The Bertz CT molecular complexity index is 210. The second-order valence-electron chi connectivity index (χ2n) is 4.40. The van der Waals surface area contributed by atoms with Crippen LogP contribution < -0.4 is 5.32 Å². The highest BCUT2D eigenvalue weighted by Crippen LogP contribution is 2.21. The predicted octanol–water partition coefficient (Wildman–Crippen LogP) is 0.441. The fourth-order valence-electron chi connectivity index (χ4n) is 1.65. The summed E-state index contributed by atoms with van der Waals surface area (Å²) in [6.45, 7) is 2.98. The van der Waals surface area contributed by atoms with Crippen molar-refractivity contribution in [3.05, 3.63) is 0 Å². The fourth-order valence-corrected chi connectivity index (χ4v) is 1.65. The molecule has 82 valence electrons. The average Bonchev–Trinajstić information content (AvgIpc) is 2.50. The lowest BCUT2D eigenvalue weighted by atomic mass is 10.1. The van der Waals surface area contributed by atoms with Crippen molar-refractivity contribution in [2.75, 3.05) is 7.11 Å². The van der Waals surface area contributed by atoms with E-state index in [0.29, 0.717) is 0 Å². The van der Waals surface area contributed by atoms with Gasteiger partial charge in [-0.05, 0) is 33.1 Å². The van der Waals surface area contributed by atoms with E-state index in [-0.39, 0.29) is 18.1 Å². The van der Waals surface area contributed by atoms with E-state index in [4.69, 9.17) is 4.74 Å². The quantitative estimate of drug-likeness (QED) is 0.696. The van der Waals surface area contributed by atoms with Crippen molar-refractivity contribution in [1.82, 2.24) is 5.32 Å². The van der Waals surface area contributed by atoms with Gasteiger partial charge in [-0.15, -0.1) is 0 Å². The number of rotatable bonds is 3. The third-order valence-corrected chi connectivity index (χ3v) is 2.61. The lowest BCUT2D eigenvalue weighted by Gasteiger charge is -2.20. The molecule has 0 radical (unpaired) electrons. The molecular formula is C10H19NO3. The molecule has 2 unspecified atom stereocenters. The molecule has 0 aliphatic heterocycles. The summed E-state index contributed by atoms with van der Waals surface area (Å²) in [6.07, 6.45) is 3.01. The predicted molar refractivity (Wildman–Crippen MR) is 52.9 cm³/mol. The molecule has 0 aromatic rings. The molecule has 4 nitrogen and oxygen atoms in total. The van der Waals surface area contributed by atoms with Crippen LogP contribution in [-0.2, 0) is 9.53 Å². The van der Waals surface area contributed by atoms with Crippen LogP contribution in [-0.4, -0.2) is 35.9 Å². The highest BCUT2D eigenvalue weighted by molar-refractivity contribution is 5.84. The first-order chi connectivity index (χ1) is 6.43. The Hall–Kier alpha value is -0.610. The van der Waals surface area contributed by atoms with Crippen molar-refractivity contribution in [2.45, 2.75) is 50.9 Å². The van der Waals surface area contributed by atoms with E-state index in [2.05, 4.69) is 5.32 Å². The summed E-state index contributed by atoms with van der Waals surface area (Å²) in [6, 6.07) is 0.152. The number of nitrogens with one attached hydrogen (secondary N) is 1. The number of methoxy groups -OCH3 is 1. The zero-order chi connectivity index (χ0) is 10.8. The molecule has 1 aliphatic carbocycles. The molecule has 0 aromatic carbocycles. The van der Waals surface area contributed by atoms with Crippen LogP contribution in [0.4, 0.5) is 0 Å². The molecule has 1 amide bonds. The number of amides is 1. The van der Waals surface area contributed by atoms with Crippen LogP contribution in [0.15, 0.2) is 0 Å². The summed E-state index contributed by atoms with van der Waals surface area (Å²) >= 11 is 0. The smallest absolute Gasteiger partial charge is 0.251 e. The van der Waals surface area contributed by atoms with Crippen LogP contribution in [0, 0.1) is 0 Å². The SMILES string of the molecule is COC1CCC(NC(=O)C(C)(C)O)C1. The Kier molecular flexibility index (Phi) is 3.50. The summed E-state index contributed by atoms with van der Waals surface area (Å²) in [7, 11) is 1.69. The maximum atomic E-state index is 11.4. The number of hydrogen-bond acceptors (Lipinski definition) is 3. The topological polar surface area (TPSA) is 58.6 Å². The molecule has 14 heavy (non-hydrogen) atoms. The zero-order valence-electron chi connectivity index (χ0n) is 9.04. The molecule has 1 fully saturated rings. The van der Waals surface area contributed by atoms with E-state index >= 15 is 0 Å². The first-order valence-electron chi connectivity index (χ1n) is 4.99. The maximum Gasteiger partial charge on any atom is 0.251 e. The lowest BCUT2D eigenvalue weighted by molar-refractivity contribution is -0.137. The van der Waals surface area contributed by atoms with Crippen LogP contribution in [0.25, 0.3) is 0 Å². The molecule has 2 N–H and O–H groups in total. The zero-order valence-corrected chi connectivity index (χ0v) is 9.04. The van der Waals surface area contributed by atoms with Gasteiger partial charge in [-0.3, -0.25) is 4.79 Å². The van der Waals surface area contributed by atoms with Gasteiger partial charge in [0.1, 0.15) is 5.60 Å². The summed E-state index contributed by atoms with van der Waals surface area (Å²) in [5.41, 5.74) is -1.29. The molecule has 0 heterocycles. The van der Waals surface area contributed by atoms with Gasteiger partial charge in [0, 0.05) is 13.2 Å². The third-order valence-electron chi connectivity index (χ3n) is 2.61. The van der Waals surface area contributed by atoms with E-state index < -0.39 is 5.60 Å². The van der Waals surface area contributed by atoms with Gasteiger partial charge in [-0.25, -0.2) is 0 Å². The minimum absolute atomic E-state index is 0.152. The van der Waals surface area contributed by atoms with E-state index in [1.165, 1.54) is 13.8 Å². The molecule has 0 spiro atoms. The van der Waals surface area contributed by atoms with Gasteiger partial charge in [-0.1, -0.05) is 0 Å². The minimum atomic E-state index is -1.29. The standard InChI is InChI=1S/C10H19NO3/c1-10(2,13)9(12)11-7-4-5-8(6-7)14-3/h7-8,13H,4-6H2,1-3H3,(H,11,12). The molecule has 0 aromatic heterocycles. The summed E-state index contributed by atoms with van der Waals surface area (Å²) < 4.78 is 5.19. The molecule has 1 aliphatic rings. The number of carbonyl (C=O) groups is 1. The number of ether oxygens (including phenoxy) is 1. The molecule has 4 heteroatoms. The van der Waals surface area contributed by atoms with E-state index in [9.17, 15) is 9.90 Å². The molecule has 0 bridgehead atoms. The molecule has 1 rings (SSSR count). The van der Waals surface area contributed by atoms with Gasteiger partial charge >= 0.3 is 0 Å². The number of aliphatic hydroxyl groups is 1. The Labute approximate surface area is 84.6 Å². The van der Waals surface area contributed by atoms with E-state index in [0.717, 1.165) is 19.3 Å². The average molecular weight is 201 g/mol. The van der Waals surface area contributed by atoms with E-state index in [1.54, 1.807) is 7.11 Å². The fraction of sp³-hybridized carbons (Fsp3) is 0.900. The Balaban J connectivity index is 2.36. The highest BCUT2D eigenvalue weighted by Gasteiger charge is 2.30. The molecule has 1 saturated carbocycles. The van der Waals surface area contributed by atoms with Gasteiger partial charge in [0.05, 0.1) is 6.10 Å². The molecule has 0 saturated heterocycles. The van der Waals surface area contributed by atoms with Crippen molar-refractivity contribution >= 4 is 5.91 Å². The van der Waals surface area contributed by atoms with Gasteiger partial charge in [0.2, 0.25) is 0 Å². The monoisotopic (exact) mass is 201 g/mol. The van der Waals surface area contributed by atoms with Crippen LogP contribution in [0.3, 0.4) is 0 Å². The van der Waals surface area contributed by atoms with Crippen LogP contribution in [0.5, 0.6) is 0 Å². The summed E-state index contributed by atoms with van der Waals surface area (Å²) in [5, 5.41) is 12.2. The Morgan fingerprint density at radius 2 is 2.14 bits per heavy atom. The molecular weight excluding hydrogens is 182 g/mol. The highest BCUT2D eigenvalue weighted by atomic mass is 16.5. The summed E-state index contributed by atoms with van der Waals surface area (Å²) in [4.78, 5) is 11.4. The van der Waals surface area contributed by atoms with Crippen molar-refractivity contribution in [3.8, 4) is 0 Å². The minimum Gasteiger partial charge on any atom is -0.381 e. The largest absolute Gasteiger partial charge is 0.381 e. The van der Waals surface area contributed by atoms with Gasteiger partial charge < -0.3 is 15.2 Å². The lowest BCUT2D eigenvalue weighted by Crippen LogP contribution is -2.46. The second-order valence-corrected chi connectivity index (χ2v) is 4.40. The first kappa shape index (κ1) is 11.5. The van der Waals surface area contributed by atoms with Gasteiger partial charge in [0.25, 0.3) is 5.91 Å². The van der Waals surface area contributed by atoms with Crippen LogP contribution >= 0.6 is 0 Å². The van der Waals surface area contributed by atoms with Gasteiger partial charge in [-0.2, -0.15) is 0 Å². The van der Waals surface area contributed by atoms with Crippen molar-refractivity contribution in [1.29, 1.82) is 0 Å². The van der Waals surface area contributed by atoms with Crippen LogP contribution in [0.1, 0.15) is 33.1 Å². The second kappa shape index (κ2) is 4.28. The maximum absolute atomic E-state index is 11.4. The van der Waals surface area contributed by atoms with Crippen molar-refractivity contribution < 1.29 is 14.6 Å². The third kappa shape index (κ3) is 2.96. The number of carbonyl (C=O) groups excluding carboxylic acids is 1. The number of hydrogen-bond donors (Lipinski definition) is 2. The van der Waals surface area contributed by atoms with Crippen LogP contribution in [0.2, 0.25) is 0 Å².